The van der Waals surface area contributed by atoms with Crippen LogP contribution in [-0.4, -0.2) is 26.7 Å². The van der Waals surface area contributed by atoms with Crippen molar-refractivity contribution in [2.75, 3.05) is 0 Å². The molecule has 126 valence electrons. The molecule has 0 radical (unpaired) electrons. The molecule has 24 heavy (non-hydrogen) atoms. The maximum Gasteiger partial charge on any atom is 0.343 e. The Morgan fingerprint density at radius 1 is 1.46 bits per heavy atom. The zero-order valence-electron chi connectivity index (χ0n) is 13.4. The summed E-state index contributed by atoms with van der Waals surface area (Å²) in [6, 6.07) is 6.19. The molecule has 1 amide bonds. The molecule has 0 spiro atoms. The van der Waals surface area contributed by atoms with Crippen molar-refractivity contribution in [3.63, 3.8) is 0 Å². The molecule has 1 aliphatic heterocycles. The Morgan fingerprint density at radius 2 is 2.25 bits per heavy atom. The quantitative estimate of drug-likeness (QED) is 0.838. The number of nitrogens with zero attached hydrogens (tertiary/aromatic N) is 2. The fraction of sp³-hybridized carbons (Fsp3) is 0.471. The van der Waals surface area contributed by atoms with Crippen molar-refractivity contribution in [3.8, 4) is 0 Å². The molecule has 1 saturated carbocycles. The summed E-state index contributed by atoms with van der Waals surface area (Å²) < 4.78 is 2.64. The van der Waals surface area contributed by atoms with E-state index < -0.39 is 5.41 Å². The summed E-state index contributed by atoms with van der Waals surface area (Å²) in [6.07, 6.45) is 3.10. The molecular weight excluding hydrogens is 372 g/mol. The SMILES string of the molecule is Cc1ccc(Br)c(C2(C(=O)NC3CCn4c(n[nH]c4=O)C3)CC2)c1. The van der Waals surface area contributed by atoms with Gasteiger partial charge in [0.25, 0.3) is 0 Å². The number of carbonyl (C=O) groups is 1. The lowest BCUT2D eigenvalue weighted by molar-refractivity contribution is -0.124. The molecule has 0 bridgehead atoms. The number of aromatic amines is 1. The van der Waals surface area contributed by atoms with Gasteiger partial charge >= 0.3 is 5.69 Å². The summed E-state index contributed by atoms with van der Waals surface area (Å²) in [7, 11) is 0. The van der Waals surface area contributed by atoms with Gasteiger partial charge in [-0.1, -0.05) is 33.6 Å². The van der Waals surface area contributed by atoms with Crippen molar-refractivity contribution >= 4 is 21.8 Å². The molecule has 0 saturated heterocycles. The molecule has 1 unspecified atom stereocenters. The Hall–Kier alpha value is -1.89. The summed E-state index contributed by atoms with van der Waals surface area (Å²) in [5, 5.41) is 9.70. The van der Waals surface area contributed by atoms with E-state index in [0.29, 0.717) is 13.0 Å². The number of nitrogens with one attached hydrogen (secondary N) is 2. The van der Waals surface area contributed by atoms with Crippen LogP contribution in [0.4, 0.5) is 0 Å². The topological polar surface area (TPSA) is 79.8 Å². The fourth-order valence-electron chi connectivity index (χ4n) is 3.54. The van der Waals surface area contributed by atoms with Gasteiger partial charge in [0.2, 0.25) is 5.91 Å². The van der Waals surface area contributed by atoms with Crippen LogP contribution in [0.25, 0.3) is 0 Å². The number of rotatable bonds is 3. The highest BCUT2D eigenvalue weighted by Crippen LogP contribution is 2.51. The van der Waals surface area contributed by atoms with Crippen LogP contribution in [0.1, 0.15) is 36.2 Å². The van der Waals surface area contributed by atoms with Crippen LogP contribution < -0.4 is 11.0 Å². The molecule has 1 aromatic carbocycles. The Kier molecular flexibility index (Phi) is 3.63. The second kappa shape index (κ2) is 5.58. The molecule has 4 rings (SSSR count). The maximum atomic E-state index is 12.9. The lowest BCUT2D eigenvalue weighted by Crippen LogP contribution is -2.45. The largest absolute Gasteiger partial charge is 0.352 e. The van der Waals surface area contributed by atoms with Gasteiger partial charge in [0.05, 0.1) is 5.41 Å². The number of amides is 1. The number of hydrogen-bond acceptors (Lipinski definition) is 3. The van der Waals surface area contributed by atoms with Crippen LogP contribution in [-0.2, 0) is 23.2 Å². The molecule has 2 heterocycles. The summed E-state index contributed by atoms with van der Waals surface area (Å²) in [4.78, 5) is 24.5. The number of fused-ring (bicyclic) bond motifs is 1. The lowest BCUT2D eigenvalue weighted by Gasteiger charge is -2.26. The van der Waals surface area contributed by atoms with E-state index in [9.17, 15) is 9.59 Å². The van der Waals surface area contributed by atoms with Gasteiger partial charge in [-0.3, -0.25) is 9.36 Å². The molecule has 7 heteroatoms. The summed E-state index contributed by atoms with van der Waals surface area (Å²) in [5.74, 6) is 0.809. The molecule has 2 N–H and O–H groups in total. The van der Waals surface area contributed by atoms with E-state index in [4.69, 9.17) is 0 Å². The van der Waals surface area contributed by atoms with Crippen molar-refractivity contribution in [2.45, 2.75) is 50.6 Å². The van der Waals surface area contributed by atoms with E-state index in [1.807, 2.05) is 19.1 Å². The fourth-order valence-corrected chi connectivity index (χ4v) is 4.17. The van der Waals surface area contributed by atoms with Gasteiger partial charge in [-0.2, -0.15) is 5.10 Å². The Morgan fingerprint density at radius 3 is 3.00 bits per heavy atom. The minimum absolute atomic E-state index is 0.0289. The highest BCUT2D eigenvalue weighted by atomic mass is 79.9. The zero-order valence-corrected chi connectivity index (χ0v) is 15.0. The van der Waals surface area contributed by atoms with Crippen LogP contribution in [0.3, 0.4) is 0 Å². The number of aromatic nitrogens is 3. The third-order valence-electron chi connectivity index (χ3n) is 5.12. The molecule has 2 aromatic rings. The van der Waals surface area contributed by atoms with E-state index >= 15 is 0 Å². The van der Waals surface area contributed by atoms with Crippen LogP contribution in [0.15, 0.2) is 27.5 Å². The van der Waals surface area contributed by atoms with E-state index in [0.717, 1.165) is 40.7 Å². The number of H-pyrrole nitrogens is 1. The maximum absolute atomic E-state index is 12.9. The molecule has 6 nitrogen and oxygen atoms in total. The first kappa shape index (κ1) is 15.6. The Labute approximate surface area is 147 Å². The number of carbonyl (C=O) groups excluding carboxylic acids is 1. The summed E-state index contributed by atoms with van der Waals surface area (Å²) in [5.41, 5.74) is 1.66. The van der Waals surface area contributed by atoms with Crippen LogP contribution in [0.5, 0.6) is 0 Å². The van der Waals surface area contributed by atoms with Crippen molar-refractivity contribution in [1.82, 2.24) is 20.1 Å². The van der Waals surface area contributed by atoms with Gasteiger partial charge in [0.15, 0.2) is 0 Å². The number of benzene rings is 1. The van der Waals surface area contributed by atoms with Crippen molar-refractivity contribution in [1.29, 1.82) is 0 Å². The van der Waals surface area contributed by atoms with Gasteiger partial charge in [-0.05, 0) is 37.8 Å². The average molecular weight is 391 g/mol. The van der Waals surface area contributed by atoms with Crippen LogP contribution in [0, 0.1) is 6.92 Å². The number of aryl methyl sites for hydroxylation is 1. The molecule has 1 aromatic heterocycles. The second-order valence-electron chi connectivity index (χ2n) is 6.83. The summed E-state index contributed by atoms with van der Waals surface area (Å²) in [6.45, 7) is 2.64. The van der Waals surface area contributed by atoms with Gasteiger partial charge in [0, 0.05) is 23.5 Å². The van der Waals surface area contributed by atoms with Crippen molar-refractivity contribution < 1.29 is 4.79 Å². The molecular formula is C17H19BrN4O2. The highest BCUT2D eigenvalue weighted by molar-refractivity contribution is 9.10. The summed E-state index contributed by atoms with van der Waals surface area (Å²) >= 11 is 3.59. The van der Waals surface area contributed by atoms with Crippen molar-refractivity contribution in [2.24, 2.45) is 0 Å². The molecule has 1 aliphatic carbocycles. The predicted molar refractivity (Wildman–Crippen MR) is 92.9 cm³/mol. The van der Waals surface area contributed by atoms with Crippen LogP contribution >= 0.6 is 15.9 Å². The zero-order chi connectivity index (χ0) is 16.9. The van der Waals surface area contributed by atoms with Gasteiger partial charge in [-0.15, -0.1) is 0 Å². The smallest absolute Gasteiger partial charge is 0.343 e. The van der Waals surface area contributed by atoms with Gasteiger partial charge in [-0.25, -0.2) is 9.89 Å². The van der Waals surface area contributed by atoms with Crippen molar-refractivity contribution in [3.05, 3.63) is 50.1 Å². The van der Waals surface area contributed by atoms with Crippen LogP contribution in [0.2, 0.25) is 0 Å². The number of halogens is 1. The normalized spacial score (nSPS) is 21.2. The minimum Gasteiger partial charge on any atom is -0.352 e. The predicted octanol–water partition coefficient (Wildman–Crippen LogP) is 1.81. The van der Waals surface area contributed by atoms with E-state index in [-0.39, 0.29) is 17.6 Å². The number of hydrogen-bond donors (Lipinski definition) is 2. The lowest BCUT2D eigenvalue weighted by atomic mass is 9.92. The first-order valence-electron chi connectivity index (χ1n) is 8.21. The molecule has 2 aliphatic rings. The average Bonchev–Trinajstić information content (AvgIpc) is 3.29. The Balaban J connectivity index is 1.53. The van der Waals surface area contributed by atoms with Gasteiger partial charge < -0.3 is 5.32 Å². The van der Waals surface area contributed by atoms with E-state index in [1.54, 1.807) is 4.57 Å². The highest BCUT2D eigenvalue weighted by Gasteiger charge is 2.52. The monoisotopic (exact) mass is 390 g/mol. The second-order valence-corrected chi connectivity index (χ2v) is 7.68. The molecule has 1 fully saturated rings. The first-order valence-corrected chi connectivity index (χ1v) is 9.00. The minimum atomic E-state index is -0.409. The van der Waals surface area contributed by atoms with E-state index in [1.165, 1.54) is 0 Å². The molecule has 1 atom stereocenters. The van der Waals surface area contributed by atoms with E-state index in [2.05, 4.69) is 37.5 Å². The Bertz CT molecular complexity index is 866. The standard InChI is InChI=1S/C17H19BrN4O2/c1-10-2-3-13(18)12(8-10)17(5-6-17)15(23)19-11-4-7-22-14(9-11)20-21-16(22)24/h2-3,8,11H,4-7,9H2,1H3,(H,19,23)(H,21,24). The third kappa shape index (κ3) is 2.51. The van der Waals surface area contributed by atoms with Gasteiger partial charge in [0.1, 0.15) is 5.82 Å². The third-order valence-corrected chi connectivity index (χ3v) is 5.82. The first-order chi connectivity index (χ1) is 11.5.